The van der Waals surface area contributed by atoms with E-state index in [-0.39, 0.29) is 0 Å². The first-order valence-electron chi connectivity index (χ1n) is 6.75. The monoisotopic (exact) mass is 245 g/mol. The summed E-state index contributed by atoms with van der Waals surface area (Å²) in [5, 5.41) is 0. The molecule has 0 radical (unpaired) electrons. The number of hydrogen-bond donors (Lipinski definition) is 1. The third-order valence-electron chi connectivity index (χ3n) is 3.65. The van der Waals surface area contributed by atoms with Crippen LogP contribution in [0.4, 0.5) is 0 Å². The van der Waals surface area contributed by atoms with Crippen LogP contribution in [0.3, 0.4) is 0 Å². The van der Waals surface area contributed by atoms with Gasteiger partial charge in [-0.25, -0.2) is 4.99 Å². The number of nitrogens with two attached hydrogens (primary N) is 1. The first-order chi connectivity index (χ1) is 8.65. The summed E-state index contributed by atoms with van der Waals surface area (Å²) in [5.74, 6) is 1.52. The quantitative estimate of drug-likeness (QED) is 0.642. The molecule has 0 saturated carbocycles. The van der Waals surface area contributed by atoms with Crippen molar-refractivity contribution in [2.24, 2.45) is 16.6 Å². The lowest BCUT2D eigenvalue weighted by Gasteiger charge is -2.31. The van der Waals surface area contributed by atoms with Crippen molar-refractivity contribution in [1.82, 2.24) is 4.90 Å². The van der Waals surface area contributed by atoms with E-state index >= 15 is 0 Å². The molecule has 0 unspecified atom stereocenters. The van der Waals surface area contributed by atoms with Crippen molar-refractivity contribution < 1.29 is 0 Å². The Kier molecular flexibility index (Phi) is 4.24. The summed E-state index contributed by atoms with van der Waals surface area (Å²) in [6.45, 7) is 7.17. The molecule has 3 heteroatoms. The first kappa shape index (κ1) is 12.9. The predicted octanol–water partition coefficient (Wildman–Crippen LogP) is 2.54. The van der Waals surface area contributed by atoms with E-state index < -0.39 is 0 Å². The average Bonchev–Trinajstić information content (AvgIpc) is 2.38. The number of rotatable bonds is 2. The molecule has 1 aliphatic rings. The molecule has 1 fully saturated rings. The van der Waals surface area contributed by atoms with E-state index in [0.717, 1.165) is 19.0 Å². The molecule has 1 aromatic rings. The van der Waals surface area contributed by atoms with Crippen molar-refractivity contribution in [2.45, 2.75) is 33.2 Å². The number of guanidine groups is 1. The SMILES string of the molecule is Cc1ccc(CN=C(N)N2CCC(C)CC2)cc1. The zero-order valence-corrected chi connectivity index (χ0v) is 11.4. The number of likely N-dealkylation sites (tertiary alicyclic amines) is 1. The van der Waals surface area contributed by atoms with Crippen LogP contribution < -0.4 is 5.73 Å². The molecular weight excluding hydrogens is 222 g/mol. The van der Waals surface area contributed by atoms with E-state index in [0.29, 0.717) is 12.5 Å². The number of nitrogens with zero attached hydrogens (tertiary/aromatic N) is 2. The van der Waals surface area contributed by atoms with Crippen molar-refractivity contribution in [3.8, 4) is 0 Å². The fourth-order valence-corrected chi connectivity index (χ4v) is 2.20. The molecule has 98 valence electrons. The molecule has 18 heavy (non-hydrogen) atoms. The van der Waals surface area contributed by atoms with Gasteiger partial charge in [0.15, 0.2) is 5.96 Å². The Bertz CT molecular complexity index is 400. The molecule has 0 aromatic heterocycles. The third-order valence-corrected chi connectivity index (χ3v) is 3.65. The Morgan fingerprint density at radius 2 is 1.89 bits per heavy atom. The summed E-state index contributed by atoms with van der Waals surface area (Å²) in [7, 11) is 0. The number of piperidine rings is 1. The van der Waals surface area contributed by atoms with Crippen LogP contribution in [-0.4, -0.2) is 23.9 Å². The molecule has 2 N–H and O–H groups in total. The van der Waals surface area contributed by atoms with Gasteiger partial charge in [0.25, 0.3) is 0 Å². The molecular formula is C15H23N3. The van der Waals surface area contributed by atoms with Gasteiger partial charge in [0.1, 0.15) is 0 Å². The van der Waals surface area contributed by atoms with Crippen LogP contribution in [0.5, 0.6) is 0 Å². The van der Waals surface area contributed by atoms with Crippen LogP contribution in [0.15, 0.2) is 29.3 Å². The summed E-state index contributed by atoms with van der Waals surface area (Å²) in [6, 6.07) is 8.46. The van der Waals surface area contributed by atoms with E-state index in [1.807, 2.05) is 0 Å². The van der Waals surface area contributed by atoms with Gasteiger partial charge in [-0.05, 0) is 31.2 Å². The Balaban J connectivity index is 1.90. The largest absolute Gasteiger partial charge is 0.370 e. The average molecular weight is 245 g/mol. The maximum atomic E-state index is 6.05. The maximum absolute atomic E-state index is 6.05. The smallest absolute Gasteiger partial charge is 0.191 e. The van der Waals surface area contributed by atoms with E-state index in [1.165, 1.54) is 24.0 Å². The van der Waals surface area contributed by atoms with Gasteiger partial charge in [0.05, 0.1) is 6.54 Å². The highest BCUT2D eigenvalue weighted by Crippen LogP contribution is 2.15. The maximum Gasteiger partial charge on any atom is 0.191 e. The van der Waals surface area contributed by atoms with E-state index in [4.69, 9.17) is 5.73 Å². The van der Waals surface area contributed by atoms with Gasteiger partial charge in [-0.3, -0.25) is 0 Å². The van der Waals surface area contributed by atoms with Gasteiger partial charge in [0, 0.05) is 13.1 Å². The highest BCUT2D eigenvalue weighted by Gasteiger charge is 2.16. The minimum Gasteiger partial charge on any atom is -0.370 e. The number of benzene rings is 1. The third kappa shape index (κ3) is 3.49. The van der Waals surface area contributed by atoms with Crippen molar-refractivity contribution in [3.63, 3.8) is 0 Å². The normalized spacial score (nSPS) is 18.1. The van der Waals surface area contributed by atoms with Crippen LogP contribution in [0.25, 0.3) is 0 Å². The summed E-state index contributed by atoms with van der Waals surface area (Å²) >= 11 is 0. The van der Waals surface area contributed by atoms with Gasteiger partial charge in [-0.2, -0.15) is 0 Å². The molecule has 1 saturated heterocycles. The molecule has 0 atom stereocenters. The van der Waals surface area contributed by atoms with Crippen molar-refractivity contribution >= 4 is 5.96 Å². The zero-order chi connectivity index (χ0) is 13.0. The van der Waals surface area contributed by atoms with E-state index in [9.17, 15) is 0 Å². The van der Waals surface area contributed by atoms with Crippen LogP contribution >= 0.6 is 0 Å². The summed E-state index contributed by atoms with van der Waals surface area (Å²) < 4.78 is 0. The second-order valence-corrected chi connectivity index (χ2v) is 5.33. The molecule has 3 nitrogen and oxygen atoms in total. The fourth-order valence-electron chi connectivity index (χ4n) is 2.20. The molecule has 0 bridgehead atoms. The van der Waals surface area contributed by atoms with Crippen LogP contribution in [0, 0.1) is 12.8 Å². The lowest BCUT2D eigenvalue weighted by atomic mass is 10.00. The van der Waals surface area contributed by atoms with Gasteiger partial charge in [0.2, 0.25) is 0 Å². The minimum absolute atomic E-state index is 0.679. The van der Waals surface area contributed by atoms with Crippen LogP contribution in [0.1, 0.15) is 30.9 Å². The topological polar surface area (TPSA) is 41.6 Å². The van der Waals surface area contributed by atoms with Crippen LogP contribution in [-0.2, 0) is 6.54 Å². The lowest BCUT2D eigenvalue weighted by molar-refractivity contribution is 0.277. The Labute approximate surface area is 110 Å². The number of aryl methyl sites for hydroxylation is 1. The van der Waals surface area contributed by atoms with Crippen LogP contribution in [0.2, 0.25) is 0 Å². The van der Waals surface area contributed by atoms with Crippen molar-refractivity contribution in [3.05, 3.63) is 35.4 Å². The van der Waals surface area contributed by atoms with Gasteiger partial charge < -0.3 is 10.6 Å². The summed E-state index contributed by atoms with van der Waals surface area (Å²) in [6.07, 6.45) is 2.45. The molecule has 0 aliphatic carbocycles. The lowest BCUT2D eigenvalue weighted by Crippen LogP contribution is -2.42. The van der Waals surface area contributed by atoms with Crippen molar-refractivity contribution in [1.29, 1.82) is 0 Å². The molecule has 0 spiro atoms. The zero-order valence-electron chi connectivity index (χ0n) is 11.4. The Morgan fingerprint density at radius 1 is 1.28 bits per heavy atom. The van der Waals surface area contributed by atoms with Gasteiger partial charge in [-0.15, -0.1) is 0 Å². The fraction of sp³-hybridized carbons (Fsp3) is 0.533. The molecule has 2 rings (SSSR count). The van der Waals surface area contributed by atoms with Gasteiger partial charge >= 0.3 is 0 Å². The molecule has 1 aromatic carbocycles. The van der Waals surface area contributed by atoms with Gasteiger partial charge in [-0.1, -0.05) is 36.8 Å². The predicted molar refractivity (Wildman–Crippen MR) is 76.5 cm³/mol. The highest BCUT2D eigenvalue weighted by atomic mass is 15.3. The molecule has 1 heterocycles. The highest BCUT2D eigenvalue weighted by molar-refractivity contribution is 5.78. The Hall–Kier alpha value is -1.51. The number of hydrogen-bond acceptors (Lipinski definition) is 1. The molecule has 1 aliphatic heterocycles. The minimum atomic E-state index is 0.679. The summed E-state index contributed by atoms with van der Waals surface area (Å²) in [5.41, 5.74) is 8.54. The van der Waals surface area contributed by atoms with E-state index in [1.54, 1.807) is 0 Å². The van der Waals surface area contributed by atoms with E-state index in [2.05, 4.69) is 48.0 Å². The second kappa shape index (κ2) is 5.89. The second-order valence-electron chi connectivity index (χ2n) is 5.33. The number of aliphatic imine (C=N–C) groups is 1. The van der Waals surface area contributed by atoms with Crippen molar-refractivity contribution in [2.75, 3.05) is 13.1 Å². The standard InChI is InChI=1S/C15H23N3/c1-12-3-5-14(6-4-12)11-17-15(16)18-9-7-13(2)8-10-18/h3-6,13H,7-11H2,1-2H3,(H2,16,17). The molecule has 0 amide bonds. The first-order valence-corrected chi connectivity index (χ1v) is 6.75. The summed E-state index contributed by atoms with van der Waals surface area (Å²) in [4.78, 5) is 6.70. The Morgan fingerprint density at radius 3 is 2.50 bits per heavy atom.